The highest BCUT2D eigenvalue weighted by Gasteiger charge is 2.56. The third kappa shape index (κ3) is 1.69. The summed E-state index contributed by atoms with van der Waals surface area (Å²) in [5.74, 6) is 0. The highest BCUT2D eigenvalue weighted by Crippen LogP contribution is 2.45. The predicted molar refractivity (Wildman–Crippen MR) is 54.2 cm³/mol. The summed E-state index contributed by atoms with van der Waals surface area (Å²) in [7, 11) is 0. The van der Waals surface area contributed by atoms with Gasteiger partial charge in [-0.1, -0.05) is 0 Å². The molecule has 2 fully saturated rings. The molecule has 0 spiro atoms. The summed E-state index contributed by atoms with van der Waals surface area (Å²) in [5.41, 5.74) is -2.56. The average molecular weight is 216 g/mol. The van der Waals surface area contributed by atoms with E-state index in [2.05, 4.69) is 0 Å². The molecule has 2 atom stereocenters. The standard InChI is InChI=1S/C11H20O4/c12-8-3-6-10(14,7-4-8)11(15)5-1-2-9(11)13/h8-9,12-15H,1-7H2. The highest BCUT2D eigenvalue weighted by molar-refractivity contribution is 5.08. The topological polar surface area (TPSA) is 80.9 Å². The first-order chi connectivity index (χ1) is 6.98. The van der Waals surface area contributed by atoms with E-state index < -0.39 is 17.3 Å². The molecule has 15 heavy (non-hydrogen) atoms. The van der Waals surface area contributed by atoms with E-state index in [4.69, 9.17) is 0 Å². The van der Waals surface area contributed by atoms with Gasteiger partial charge in [-0.25, -0.2) is 0 Å². The van der Waals surface area contributed by atoms with Crippen LogP contribution in [0.4, 0.5) is 0 Å². The maximum Gasteiger partial charge on any atom is 0.119 e. The molecule has 2 aliphatic rings. The largest absolute Gasteiger partial charge is 0.393 e. The second kappa shape index (κ2) is 3.70. The fourth-order valence-corrected chi connectivity index (χ4v) is 3.03. The Morgan fingerprint density at radius 3 is 1.93 bits per heavy atom. The van der Waals surface area contributed by atoms with Gasteiger partial charge in [0.2, 0.25) is 0 Å². The summed E-state index contributed by atoms with van der Waals surface area (Å²) >= 11 is 0. The molecule has 0 aromatic carbocycles. The van der Waals surface area contributed by atoms with E-state index in [9.17, 15) is 20.4 Å². The average Bonchev–Trinajstić information content (AvgIpc) is 2.54. The van der Waals surface area contributed by atoms with Crippen LogP contribution in [0.25, 0.3) is 0 Å². The normalized spacial score (nSPS) is 52.0. The molecule has 0 heterocycles. The Morgan fingerprint density at radius 2 is 1.47 bits per heavy atom. The second-order valence-corrected chi connectivity index (χ2v) is 5.10. The molecule has 0 radical (unpaired) electrons. The lowest BCUT2D eigenvalue weighted by Gasteiger charge is -2.46. The molecule has 0 amide bonds. The van der Waals surface area contributed by atoms with Crippen molar-refractivity contribution in [2.75, 3.05) is 0 Å². The Labute approximate surface area is 89.6 Å². The van der Waals surface area contributed by atoms with Crippen LogP contribution >= 0.6 is 0 Å². The fourth-order valence-electron chi connectivity index (χ4n) is 3.03. The molecule has 0 aliphatic heterocycles. The van der Waals surface area contributed by atoms with E-state index in [0.717, 1.165) is 6.42 Å². The van der Waals surface area contributed by atoms with Gasteiger partial charge in [0.15, 0.2) is 0 Å². The SMILES string of the molecule is OC1CCC(O)(C2(O)CCCC2O)CC1. The van der Waals surface area contributed by atoms with Crippen molar-refractivity contribution in [3.05, 3.63) is 0 Å². The molecule has 0 saturated heterocycles. The molecular formula is C11H20O4. The van der Waals surface area contributed by atoms with E-state index in [1.165, 1.54) is 0 Å². The molecule has 2 unspecified atom stereocenters. The van der Waals surface area contributed by atoms with Crippen molar-refractivity contribution in [1.82, 2.24) is 0 Å². The van der Waals surface area contributed by atoms with Crippen molar-refractivity contribution in [3.63, 3.8) is 0 Å². The number of hydrogen-bond donors (Lipinski definition) is 4. The van der Waals surface area contributed by atoms with E-state index in [-0.39, 0.29) is 6.10 Å². The van der Waals surface area contributed by atoms with Crippen LogP contribution in [-0.2, 0) is 0 Å². The summed E-state index contributed by atoms with van der Waals surface area (Å²) in [6.07, 6.45) is 2.34. The molecule has 88 valence electrons. The lowest BCUT2D eigenvalue weighted by molar-refractivity contribution is -0.208. The minimum atomic E-state index is -1.35. The van der Waals surface area contributed by atoms with E-state index in [1.54, 1.807) is 0 Å². The Hall–Kier alpha value is -0.160. The third-order valence-corrected chi connectivity index (χ3v) is 4.17. The molecule has 2 rings (SSSR count). The van der Waals surface area contributed by atoms with Gasteiger partial charge < -0.3 is 20.4 Å². The van der Waals surface area contributed by atoms with Gasteiger partial charge in [-0.15, -0.1) is 0 Å². The number of rotatable bonds is 1. The van der Waals surface area contributed by atoms with Crippen molar-refractivity contribution in [2.24, 2.45) is 0 Å². The summed E-state index contributed by atoms with van der Waals surface area (Å²) in [5, 5.41) is 39.9. The van der Waals surface area contributed by atoms with Gasteiger partial charge >= 0.3 is 0 Å². The number of aliphatic hydroxyl groups is 4. The molecule has 4 nitrogen and oxygen atoms in total. The van der Waals surface area contributed by atoms with Gasteiger partial charge in [-0.3, -0.25) is 0 Å². The van der Waals surface area contributed by atoms with Crippen molar-refractivity contribution in [3.8, 4) is 0 Å². The zero-order valence-electron chi connectivity index (χ0n) is 8.89. The monoisotopic (exact) mass is 216 g/mol. The van der Waals surface area contributed by atoms with Gasteiger partial charge in [0.1, 0.15) is 5.60 Å². The second-order valence-electron chi connectivity index (χ2n) is 5.10. The molecule has 0 aromatic rings. The molecular weight excluding hydrogens is 196 g/mol. The lowest BCUT2D eigenvalue weighted by Crippen LogP contribution is -2.60. The maximum atomic E-state index is 10.4. The predicted octanol–water partition coefficient (Wildman–Crippen LogP) is -0.0717. The van der Waals surface area contributed by atoms with Crippen LogP contribution in [-0.4, -0.2) is 43.8 Å². The van der Waals surface area contributed by atoms with Gasteiger partial charge in [0.25, 0.3) is 0 Å². The van der Waals surface area contributed by atoms with Gasteiger partial charge in [-0.05, 0) is 44.9 Å². The minimum Gasteiger partial charge on any atom is -0.393 e. The third-order valence-electron chi connectivity index (χ3n) is 4.17. The molecule has 4 heteroatoms. The highest BCUT2D eigenvalue weighted by atomic mass is 16.4. The summed E-state index contributed by atoms with van der Waals surface area (Å²) in [4.78, 5) is 0. The summed E-state index contributed by atoms with van der Waals surface area (Å²) in [6, 6.07) is 0. The first-order valence-electron chi connectivity index (χ1n) is 5.79. The lowest BCUT2D eigenvalue weighted by atomic mass is 9.70. The summed E-state index contributed by atoms with van der Waals surface area (Å²) in [6.45, 7) is 0. The van der Waals surface area contributed by atoms with Gasteiger partial charge in [0, 0.05) is 0 Å². The van der Waals surface area contributed by atoms with Crippen molar-refractivity contribution in [2.45, 2.75) is 68.4 Å². The maximum absolute atomic E-state index is 10.4. The molecule has 4 N–H and O–H groups in total. The Bertz CT molecular complexity index is 235. The van der Waals surface area contributed by atoms with E-state index in [1.807, 2.05) is 0 Å². The van der Waals surface area contributed by atoms with E-state index in [0.29, 0.717) is 38.5 Å². The van der Waals surface area contributed by atoms with Crippen LogP contribution in [0.2, 0.25) is 0 Å². The first-order valence-corrected chi connectivity index (χ1v) is 5.79. The van der Waals surface area contributed by atoms with E-state index >= 15 is 0 Å². The van der Waals surface area contributed by atoms with Crippen LogP contribution in [0.1, 0.15) is 44.9 Å². The quantitative estimate of drug-likeness (QED) is 0.494. The number of hydrogen-bond acceptors (Lipinski definition) is 4. The van der Waals surface area contributed by atoms with Gasteiger partial charge in [-0.2, -0.15) is 0 Å². The first kappa shape index (κ1) is 11.3. The van der Waals surface area contributed by atoms with Crippen molar-refractivity contribution < 1.29 is 20.4 Å². The number of aliphatic hydroxyl groups excluding tert-OH is 2. The zero-order chi connectivity index (χ0) is 11.1. The Morgan fingerprint density at radius 1 is 0.867 bits per heavy atom. The molecule has 0 aromatic heterocycles. The van der Waals surface area contributed by atoms with Crippen LogP contribution in [0.5, 0.6) is 0 Å². The smallest absolute Gasteiger partial charge is 0.119 e. The van der Waals surface area contributed by atoms with Crippen molar-refractivity contribution >= 4 is 0 Å². The molecule has 2 saturated carbocycles. The molecule has 0 bridgehead atoms. The van der Waals surface area contributed by atoms with Gasteiger partial charge in [0.05, 0.1) is 17.8 Å². The fraction of sp³-hybridized carbons (Fsp3) is 1.00. The Kier molecular flexibility index (Phi) is 2.79. The Balaban J connectivity index is 2.14. The van der Waals surface area contributed by atoms with Crippen LogP contribution in [0, 0.1) is 0 Å². The molecule has 2 aliphatic carbocycles. The van der Waals surface area contributed by atoms with Crippen LogP contribution < -0.4 is 0 Å². The zero-order valence-corrected chi connectivity index (χ0v) is 8.89. The minimum absolute atomic E-state index is 0.368. The van der Waals surface area contributed by atoms with Crippen LogP contribution in [0.15, 0.2) is 0 Å². The van der Waals surface area contributed by atoms with Crippen LogP contribution in [0.3, 0.4) is 0 Å². The summed E-state index contributed by atoms with van der Waals surface area (Å²) < 4.78 is 0. The van der Waals surface area contributed by atoms with Crippen molar-refractivity contribution in [1.29, 1.82) is 0 Å².